The Morgan fingerprint density at radius 2 is 2.24 bits per heavy atom. The monoisotopic (exact) mass is 235 g/mol. The fourth-order valence-electron chi connectivity index (χ4n) is 1.68. The van der Waals surface area contributed by atoms with Gasteiger partial charge in [0.25, 0.3) is 0 Å². The number of nitrogens with two attached hydrogens (primary N) is 1. The van der Waals surface area contributed by atoms with Gasteiger partial charge in [-0.25, -0.2) is 4.39 Å². The molecule has 0 fully saturated rings. The second-order valence-corrected chi connectivity index (χ2v) is 4.20. The van der Waals surface area contributed by atoms with E-state index in [4.69, 9.17) is 11.0 Å². The van der Waals surface area contributed by atoms with Crippen LogP contribution in [0.25, 0.3) is 0 Å². The predicted octanol–water partition coefficient (Wildman–Crippen LogP) is 2.39. The van der Waals surface area contributed by atoms with E-state index >= 15 is 0 Å². The van der Waals surface area contributed by atoms with Crippen LogP contribution in [0.4, 0.5) is 10.1 Å². The van der Waals surface area contributed by atoms with Crippen molar-refractivity contribution in [3.63, 3.8) is 0 Å². The van der Waals surface area contributed by atoms with Gasteiger partial charge in [0.05, 0.1) is 12.0 Å². The molecule has 0 aromatic heterocycles. The van der Waals surface area contributed by atoms with Crippen molar-refractivity contribution in [2.24, 2.45) is 5.92 Å². The fourth-order valence-corrected chi connectivity index (χ4v) is 1.68. The van der Waals surface area contributed by atoms with E-state index in [0.717, 1.165) is 12.1 Å². The van der Waals surface area contributed by atoms with Crippen molar-refractivity contribution in [3.05, 3.63) is 29.6 Å². The molecule has 1 unspecified atom stereocenters. The SMILES string of the molecule is CCN(Cc1ccc(F)cc1N)CC(C)C#N. The number of nitriles is 1. The molecule has 0 aliphatic carbocycles. The van der Waals surface area contributed by atoms with E-state index in [-0.39, 0.29) is 11.7 Å². The van der Waals surface area contributed by atoms with Gasteiger partial charge in [-0.15, -0.1) is 0 Å². The Labute approximate surface area is 102 Å². The molecule has 1 atom stereocenters. The summed E-state index contributed by atoms with van der Waals surface area (Å²) in [6, 6.07) is 6.65. The van der Waals surface area contributed by atoms with Crippen LogP contribution in [0.1, 0.15) is 19.4 Å². The van der Waals surface area contributed by atoms with Crippen LogP contribution in [0.2, 0.25) is 0 Å². The van der Waals surface area contributed by atoms with Crippen LogP contribution in [0, 0.1) is 23.1 Å². The predicted molar refractivity (Wildman–Crippen MR) is 66.5 cm³/mol. The zero-order chi connectivity index (χ0) is 12.8. The minimum atomic E-state index is -0.320. The molecular formula is C13H18FN3. The quantitative estimate of drug-likeness (QED) is 0.797. The highest BCUT2D eigenvalue weighted by Crippen LogP contribution is 2.16. The summed E-state index contributed by atoms with van der Waals surface area (Å²) in [4.78, 5) is 2.12. The summed E-state index contributed by atoms with van der Waals surface area (Å²) in [7, 11) is 0. The lowest BCUT2D eigenvalue weighted by molar-refractivity contribution is 0.261. The molecule has 1 aromatic rings. The minimum absolute atomic E-state index is 0.0170. The number of hydrogen-bond donors (Lipinski definition) is 1. The molecular weight excluding hydrogens is 217 g/mol. The van der Waals surface area contributed by atoms with Crippen LogP contribution >= 0.6 is 0 Å². The van der Waals surface area contributed by atoms with Crippen LogP contribution in [-0.2, 0) is 6.54 Å². The van der Waals surface area contributed by atoms with Crippen molar-refractivity contribution >= 4 is 5.69 Å². The molecule has 0 bridgehead atoms. The van der Waals surface area contributed by atoms with Crippen molar-refractivity contribution in [3.8, 4) is 6.07 Å². The van der Waals surface area contributed by atoms with Gasteiger partial charge < -0.3 is 5.73 Å². The van der Waals surface area contributed by atoms with E-state index < -0.39 is 0 Å². The van der Waals surface area contributed by atoms with Gasteiger partial charge >= 0.3 is 0 Å². The molecule has 0 radical (unpaired) electrons. The van der Waals surface area contributed by atoms with Gasteiger partial charge in [-0.1, -0.05) is 13.0 Å². The molecule has 1 aromatic carbocycles. The number of rotatable bonds is 5. The van der Waals surface area contributed by atoms with Gasteiger partial charge in [-0.05, 0) is 31.2 Å². The lowest BCUT2D eigenvalue weighted by Gasteiger charge is -2.22. The molecule has 0 saturated heterocycles. The van der Waals surface area contributed by atoms with Crippen molar-refractivity contribution in [1.82, 2.24) is 4.90 Å². The molecule has 92 valence electrons. The normalized spacial score (nSPS) is 12.4. The lowest BCUT2D eigenvalue weighted by atomic mass is 10.1. The van der Waals surface area contributed by atoms with Gasteiger partial charge in [0.1, 0.15) is 5.82 Å². The Hall–Kier alpha value is -1.60. The summed E-state index contributed by atoms with van der Waals surface area (Å²) < 4.78 is 12.9. The average Bonchev–Trinajstić information content (AvgIpc) is 2.31. The highest BCUT2D eigenvalue weighted by molar-refractivity contribution is 5.46. The van der Waals surface area contributed by atoms with Crippen LogP contribution in [0.3, 0.4) is 0 Å². The number of halogens is 1. The molecule has 0 aliphatic heterocycles. The van der Waals surface area contributed by atoms with E-state index in [9.17, 15) is 4.39 Å². The maximum Gasteiger partial charge on any atom is 0.125 e. The summed E-state index contributed by atoms with van der Waals surface area (Å²) in [6.45, 7) is 6.10. The molecule has 0 saturated carbocycles. The molecule has 1 rings (SSSR count). The van der Waals surface area contributed by atoms with E-state index in [1.54, 1.807) is 6.07 Å². The Morgan fingerprint density at radius 3 is 2.76 bits per heavy atom. The summed E-state index contributed by atoms with van der Waals surface area (Å²) in [5.74, 6) is -0.337. The van der Waals surface area contributed by atoms with Gasteiger partial charge in [0.15, 0.2) is 0 Å². The van der Waals surface area contributed by atoms with Crippen LogP contribution in [0.5, 0.6) is 0 Å². The third-order valence-corrected chi connectivity index (χ3v) is 2.70. The summed E-state index contributed by atoms with van der Waals surface area (Å²) in [5.41, 5.74) is 7.12. The second-order valence-electron chi connectivity index (χ2n) is 4.20. The largest absolute Gasteiger partial charge is 0.398 e. The van der Waals surface area contributed by atoms with E-state index in [2.05, 4.69) is 11.0 Å². The maximum absolute atomic E-state index is 12.9. The van der Waals surface area contributed by atoms with Gasteiger partial charge in [0.2, 0.25) is 0 Å². The first-order chi connectivity index (χ1) is 8.06. The Bertz CT molecular complexity index is 412. The van der Waals surface area contributed by atoms with Crippen LogP contribution in [-0.4, -0.2) is 18.0 Å². The third-order valence-electron chi connectivity index (χ3n) is 2.70. The first-order valence-corrected chi connectivity index (χ1v) is 5.72. The maximum atomic E-state index is 12.9. The second kappa shape index (κ2) is 6.21. The highest BCUT2D eigenvalue weighted by atomic mass is 19.1. The lowest BCUT2D eigenvalue weighted by Crippen LogP contribution is -2.27. The Kier molecular flexibility index (Phi) is 4.92. The van der Waals surface area contributed by atoms with Crippen molar-refractivity contribution in [2.75, 3.05) is 18.8 Å². The summed E-state index contributed by atoms with van der Waals surface area (Å²) in [6.07, 6.45) is 0. The average molecular weight is 235 g/mol. The van der Waals surface area contributed by atoms with Crippen LogP contribution < -0.4 is 5.73 Å². The molecule has 3 nitrogen and oxygen atoms in total. The standard InChI is InChI=1S/C13H18FN3/c1-3-17(8-10(2)7-15)9-11-4-5-12(14)6-13(11)16/h4-6,10H,3,8-9,16H2,1-2H3. The van der Waals surface area contributed by atoms with Crippen molar-refractivity contribution < 1.29 is 4.39 Å². The molecule has 17 heavy (non-hydrogen) atoms. The fraction of sp³-hybridized carbons (Fsp3) is 0.462. The highest BCUT2D eigenvalue weighted by Gasteiger charge is 2.10. The number of anilines is 1. The summed E-state index contributed by atoms with van der Waals surface area (Å²) in [5, 5.41) is 8.79. The smallest absolute Gasteiger partial charge is 0.125 e. The first kappa shape index (κ1) is 13.5. The minimum Gasteiger partial charge on any atom is -0.398 e. The molecule has 4 heteroatoms. The van der Waals surface area contributed by atoms with Gasteiger partial charge in [-0.2, -0.15) is 5.26 Å². The summed E-state index contributed by atoms with van der Waals surface area (Å²) >= 11 is 0. The van der Waals surface area contributed by atoms with Gasteiger partial charge in [-0.3, -0.25) is 4.90 Å². The number of nitrogen functional groups attached to an aromatic ring is 1. The topological polar surface area (TPSA) is 53.0 Å². The third kappa shape index (κ3) is 4.04. The first-order valence-electron chi connectivity index (χ1n) is 5.72. The van der Waals surface area contributed by atoms with E-state index in [1.165, 1.54) is 12.1 Å². The number of hydrogen-bond acceptors (Lipinski definition) is 3. The van der Waals surface area contributed by atoms with E-state index in [1.807, 2.05) is 13.8 Å². The van der Waals surface area contributed by atoms with E-state index in [0.29, 0.717) is 18.8 Å². The zero-order valence-corrected chi connectivity index (χ0v) is 10.3. The van der Waals surface area contributed by atoms with Crippen molar-refractivity contribution in [2.45, 2.75) is 20.4 Å². The molecule has 0 spiro atoms. The Balaban J connectivity index is 2.71. The Morgan fingerprint density at radius 1 is 1.53 bits per heavy atom. The molecule has 0 heterocycles. The van der Waals surface area contributed by atoms with Gasteiger partial charge in [0, 0.05) is 18.8 Å². The zero-order valence-electron chi connectivity index (χ0n) is 10.3. The molecule has 0 aliphatic rings. The number of nitrogens with zero attached hydrogens (tertiary/aromatic N) is 2. The number of benzene rings is 1. The molecule has 2 N–H and O–H groups in total. The van der Waals surface area contributed by atoms with Crippen molar-refractivity contribution in [1.29, 1.82) is 5.26 Å². The molecule has 0 amide bonds. The van der Waals surface area contributed by atoms with Crippen LogP contribution in [0.15, 0.2) is 18.2 Å².